The lowest BCUT2D eigenvalue weighted by Crippen LogP contribution is -2.37. The van der Waals surface area contributed by atoms with Crippen molar-refractivity contribution in [2.75, 3.05) is 17.8 Å². The zero-order valence-electron chi connectivity index (χ0n) is 15.7. The number of hydrogen-bond acceptors (Lipinski definition) is 6. The van der Waals surface area contributed by atoms with Crippen molar-refractivity contribution in [2.24, 2.45) is 5.92 Å². The molecule has 0 saturated carbocycles. The van der Waals surface area contributed by atoms with Crippen LogP contribution in [0.15, 0.2) is 58.3 Å². The number of nitro benzene ring substituents is 1. The van der Waals surface area contributed by atoms with Crippen LogP contribution in [0.2, 0.25) is 0 Å². The summed E-state index contributed by atoms with van der Waals surface area (Å²) in [6.07, 6.45) is 1.61. The molecule has 1 N–H and O–H groups in total. The number of nitrogens with one attached hydrogen (secondary N) is 1. The molecule has 0 bridgehead atoms. The van der Waals surface area contributed by atoms with Crippen molar-refractivity contribution >= 4 is 31.4 Å². The Bertz CT molecular complexity index is 1110. The summed E-state index contributed by atoms with van der Waals surface area (Å²) >= 11 is 0. The van der Waals surface area contributed by atoms with Gasteiger partial charge in [0.05, 0.1) is 14.7 Å². The number of nitro groups is 1. The van der Waals surface area contributed by atoms with Gasteiger partial charge in [-0.3, -0.25) is 14.8 Å². The molecular formula is C18H21N3O6S2. The molecule has 0 unspecified atom stereocenters. The SMILES string of the molecule is CC1CCN(S(=O)(=O)c2ccc(NS(=O)(=O)c3cccc([N+](=O)[O-])c3)cc2)CC1. The first-order chi connectivity index (χ1) is 13.6. The summed E-state index contributed by atoms with van der Waals surface area (Å²) in [4.78, 5) is 10.00. The van der Waals surface area contributed by atoms with Gasteiger partial charge in [0.15, 0.2) is 0 Å². The van der Waals surface area contributed by atoms with Gasteiger partial charge in [0.2, 0.25) is 10.0 Å². The van der Waals surface area contributed by atoms with Crippen LogP contribution >= 0.6 is 0 Å². The van der Waals surface area contributed by atoms with Crippen LogP contribution in [0, 0.1) is 16.0 Å². The first-order valence-corrected chi connectivity index (χ1v) is 11.9. The van der Waals surface area contributed by atoms with E-state index in [1.165, 1.54) is 46.8 Å². The highest BCUT2D eigenvalue weighted by atomic mass is 32.2. The van der Waals surface area contributed by atoms with E-state index in [1.54, 1.807) is 0 Å². The van der Waals surface area contributed by atoms with E-state index in [2.05, 4.69) is 11.6 Å². The van der Waals surface area contributed by atoms with Crippen molar-refractivity contribution in [2.45, 2.75) is 29.6 Å². The number of anilines is 1. The van der Waals surface area contributed by atoms with E-state index < -0.39 is 25.0 Å². The summed E-state index contributed by atoms with van der Waals surface area (Å²) in [6.45, 7) is 3.02. The van der Waals surface area contributed by atoms with E-state index in [0.29, 0.717) is 19.0 Å². The number of sulfonamides is 2. The third kappa shape index (κ3) is 4.74. The van der Waals surface area contributed by atoms with E-state index in [9.17, 15) is 26.9 Å². The maximum atomic E-state index is 12.7. The van der Waals surface area contributed by atoms with Crippen molar-refractivity contribution in [1.82, 2.24) is 4.31 Å². The first kappa shape index (κ1) is 21.2. The molecule has 11 heteroatoms. The lowest BCUT2D eigenvalue weighted by atomic mass is 10.0. The number of benzene rings is 2. The largest absolute Gasteiger partial charge is 0.280 e. The van der Waals surface area contributed by atoms with Gasteiger partial charge >= 0.3 is 0 Å². The summed E-state index contributed by atoms with van der Waals surface area (Å²) in [5, 5.41) is 10.8. The van der Waals surface area contributed by atoms with Crippen LogP contribution in [-0.4, -0.2) is 39.2 Å². The molecule has 29 heavy (non-hydrogen) atoms. The van der Waals surface area contributed by atoms with Crippen molar-refractivity contribution < 1.29 is 21.8 Å². The molecule has 156 valence electrons. The van der Waals surface area contributed by atoms with Gasteiger partial charge in [0.1, 0.15) is 0 Å². The van der Waals surface area contributed by atoms with E-state index in [-0.39, 0.29) is 21.2 Å². The topological polar surface area (TPSA) is 127 Å². The molecule has 1 saturated heterocycles. The average Bonchev–Trinajstić information content (AvgIpc) is 2.68. The van der Waals surface area contributed by atoms with Gasteiger partial charge in [-0.2, -0.15) is 4.31 Å². The van der Waals surface area contributed by atoms with E-state index in [0.717, 1.165) is 18.9 Å². The second-order valence-electron chi connectivity index (χ2n) is 6.97. The van der Waals surface area contributed by atoms with E-state index >= 15 is 0 Å². The molecule has 1 fully saturated rings. The molecule has 0 spiro atoms. The smallest absolute Gasteiger partial charge is 0.270 e. The van der Waals surface area contributed by atoms with Crippen molar-refractivity contribution in [3.8, 4) is 0 Å². The van der Waals surface area contributed by atoms with Crippen LogP contribution in [0.5, 0.6) is 0 Å². The van der Waals surface area contributed by atoms with Crippen LogP contribution in [0.3, 0.4) is 0 Å². The molecule has 1 aliphatic heterocycles. The lowest BCUT2D eigenvalue weighted by Gasteiger charge is -2.29. The maximum Gasteiger partial charge on any atom is 0.270 e. The summed E-state index contributed by atoms with van der Waals surface area (Å²) in [6, 6.07) is 10.1. The second-order valence-corrected chi connectivity index (χ2v) is 10.6. The Hall–Kier alpha value is -2.50. The van der Waals surface area contributed by atoms with Crippen LogP contribution in [-0.2, 0) is 20.0 Å². The third-order valence-electron chi connectivity index (χ3n) is 4.83. The minimum absolute atomic E-state index is 0.0883. The predicted octanol–water partition coefficient (Wildman–Crippen LogP) is 2.82. The van der Waals surface area contributed by atoms with Gasteiger partial charge in [-0.25, -0.2) is 16.8 Å². The van der Waals surface area contributed by atoms with Crippen LogP contribution in [0.25, 0.3) is 0 Å². The molecule has 9 nitrogen and oxygen atoms in total. The summed E-state index contributed by atoms with van der Waals surface area (Å²) < 4.78 is 54.2. The quantitative estimate of drug-likeness (QED) is 0.545. The minimum Gasteiger partial charge on any atom is -0.280 e. The van der Waals surface area contributed by atoms with Gasteiger partial charge in [0.25, 0.3) is 15.7 Å². The van der Waals surface area contributed by atoms with Gasteiger partial charge < -0.3 is 0 Å². The fourth-order valence-corrected chi connectivity index (χ4v) is 5.62. The summed E-state index contributed by atoms with van der Waals surface area (Å²) in [7, 11) is -7.69. The molecule has 0 atom stereocenters. The third-order valence-corrected chi connectivity index (χ3v) is 8.12. The molecule has 1 aliphatic rings. The molecule has 2 aromatic rings. The highest BCUT2D eigenvalue weighted by Crippen LogP contribution is 2.25. The van der Waals surface area contributed by atoms with Gasteiger partial charge in [-0.1, -0.05) is 13.0 Å². The van der Waals surface area contributed by atoms with Gasteiger partial charge in [-0.05, 0) is 49.1 Å². The Kier molecular flexibility index (Phi) is 5.92. The fourth-order valence-electron chi connectivity index (χ4n) is 3.05. The lowest BCUT2D eigenvalue weighted by molar-refractivity contribution is -0.385. The molecule has 0 radical (unpaired) electrons. The number of piperidine rings is 1. The molecule has 0 amide bonds. The number of rotatable bonds is 6. The normalized spacial score (nSPS) is 16.4. The van der Waals surface area contributed by atoms with Crippen LogP contribution < -0.4 is 4.72 Å². The molecule has 2 aromatic carbocycles. The monoisotopic (exact) mass is 439 g/mol. The zero-order chi connectivity index (χ0) is 21.2. The number of non-ortho nitro benzene ring substituents is 1. The Morgan fingerprint density at radius 2 is 1.62 bits per heavy atom. The van der Waals surface area contributed by atoms with Gasteiger partial charge in [0, 0.05) is 30.9 Å². The van der Waals surface area contributed by atoms with E-state index in [1.807, 2.05) is 0 Å². The predicted molar refractivity (Wildman–Crippen MR) is 108 cm³/mol. The molecule has 3 rings (SSSR count). The Morgan fingerprint density at radius 1 is 1.00 bits per heavy atom. The Morgan fingerprint density at radius 3 is 2.21 bits per heavy atom. The van der Waals surface area contributed by atoms with E-state index in [4.69, 9.17) is 0 Å². The van der Waals surface area contributed by atoms with Crippen molar-refractivity contribution in [1.29, 1.82) is 0 Å². The van der Waals surface area contributed by atoms with Crippen molar-refractivity contribution in [3.05, 3.63) is 58.6 Å². The first-order valence-electron chi connectivity index (χ1n) is 8.97. The summed E-state index contributed by atoms with van der Waals surface area (Å²) in [5.41, 5.74) is -0.187. The molecule has 1 heterocycles. The Labute approximate surface area is 169 Å². The zero-order valence-corrected chi connectivity index (χ0v) is 17.3. The average molecular weight is 440 g/mol. The maximum absolute atomic E-state index is 12.7. The second kappa shape index (κ2) is 8.09. The number of nitrogens with zero attached hydrogens (tertiary/aromatic N) is 2. The standard InChI is InChI=1S/C18H21N3O6S2/c1-14-9-11-20(12-10-14)29(26,27)17-7-5-15(6-8-17)19-28(24,25)18-4-2-3-16(13-18)21(22)23/h2-8,13-14,19H,9-12H2,1H3. The molecule has 0 aliphatic carbocycles. The molecular weight excluding hydrogens is 418 g/mol. The Balaban J connectivity index is 1.78. The van der Waals surface area contributed by atoms with Crippen molar-refractivity contribution in [3.63, 3.8) is 0 Å². The fraction of sp³-hybridized carbons (Fsp3) is 0.333. The van der Waals surface area contributed by atoms with Gasteiger partial charge in [-0.15, -0.1) is 0 Å². The minimum atomic E-state index is -4.06. The number of hydrogen-bond donors (Lipinski definition) is 1. The highest BCUT2D eigenvalue weighted by molar-refractivity contribution is 7.92. The van der Waals surface area contributed by atoms with Crippen LogP contribution in [0.4, 0.5) is 11.4 Å². The molecule has 0 aromatic heterocycles. The summed E-state index contributed by atoms with van der Waals surface area (Å²) in [5.74, 6) is 0.493. The van der Waals surface area contributed by atoms with Crippen LogP contribution in [0.1, 0.15) is 19.8 Å². The highest BCUT2D eigenvalue weighted by Gasteiger charge is 2.28.